The Balaban J connectivity index is 2.45. The summed E-state index contributed by atoms with van der Waals surface area (Å²) in [5.74, 6) is 0. The van der Waals surface area contributed by atoms with Crippen LogP contribution >= 0.6 is 45.8 Å². The first-order chi connectivity index (χ1) is 8.61. The van der Waals surface area contributed by atoms with E-state index in [-0.39, 0.29) is 6.04 Å². The summed E-state index contributed by atoms with van der Waals surface area (Å²) in [4.78, 5) is 0. The highest BCUT2D eigenvalue weighted by molar-refractivity contribution is 14.1. The maximum absolute atomic E-state index is 6.27. The molecule has 1 nitrogen and oxygen atoms in total. The van der Waals surface area contributed by atoms with Crippen LogP contribution in [0.25, 0.3) is 0 Å². The summed E-state index contributed by atoms with van der Waals surface area (Å²) in [7, 11) is 1.93. The molecule has 0 aliphatic carbocycles. The molecule has 2 aromatic rings. The van der Waals surface area contributed by atoms with E-state index in [0.29, 0.717) is 10.0 Å². The molecule has 4 heteroatoms. The molecule has 1 unspecified atom stereocenters. The largest absolute Gasteiger partial charge is 0.309 e. The molecule has 0 heterocycles. The van der Waals surface area contributed by atoms with Crippen molar-refractivity contribution in [3.63, 3.8) is 0 Å². The van der Waals surface area contributed by atoms with Crippen molar-refractivity contribution in [2.75, 3.05) is 7.05 Å². The van der Waals surface area contributed by atoms with Gasteiger partial charge in [-0.05, 0) is 65.0 Å². The smallest absolute Gasteiger partial charge is 0.0589 e. The van der Waals surface area contributed by atoms with E-state index >= 15 is 0 Å². The topological polar surface area (TPSA) is 12.0 Å². The van der Waals surface area contributed by atoms with Crippen molar-refractivity contribution in [3.05, 3.63) is 67.2 Å². The summed E-state index contributed by atoms with van der Waals surface area (Å²) in [6, 6.07) is 14.0. The lowest BCUT2D eigenvalue weighted by Crippen LogP contribution is -2.18. The molecule has 94 valence electrons. The average molecular weight is 392 g/mol. The van der Waals surface area contributed by atoms with E-state index in [4.69, 9.17) is 23.2 Å². The van der Waals surface area contributed by atoms with Gasteiger partial charge in [0.15, 0.2) is 0 Å². The SMILES string of the molecule is CNC(c1cccc(I)c1)c1ccc(Cl)cc1Cl. The third-order valence-electron chi connectivity index (χ3n) is 2.74. The van der Waals surface area contributed by atoms with E-state index < -0.39 is 0 Å². The second-order valence-electron chi connectivity index (χ2n) is 3.94. The van der Waals surface area contributed by atoms with Crippen LogP contribution in [-0.4, -0.2) is 7.05 Å². The van der Waals surface area contributed by atoms with Crippen LogP contribution in [0.4, 0.5) is 0 Å². The molecule has 1 N–H and O–H groups in total. The number of nitrogens with one attached hydrogen (secondary N) is 1. The second kappa shape index (κ2) is 6.24. The van der Waals surface area contributed by atoms with Crippen LogP contribution in [0.3, 0.4) is 0 Å². The van der Waals surface area contributed by atoms with Crippen molar-refractivity contribution < 1.29 is 0 Å². The van der Waals surface area contributed by atoms with Gasteiger partial charge < -0.3 is 5.32 Å². The van der Waals surface area contributed by atoms with Crippen molar-refractivity contribution in [2.45, 2.75) is 6.04 Å². The first-order valence-corrected chi connectivity index (χ1v) is 7.33. The van der Waals surface area contributed by atoms with E-state index in [9.17, 15) is 0 Å². The Labute approximate surface area is 131 Å². The Morgan fingerprint density at radius 2 is 1.89 bits per heavy atom. The second-order valence-corrected chi connectivity index (χ2v) is 6.03. The number of hydrogen-bond donors (Lipinski definition) is 1. The van der Waals surface area contributed by atoms with Gasteiger partial charge in [0.05, 0.1) is 6.04 Å². The minimum absolute atomic E-state index is 0.0736. The number of halogens is 3. The highest BCUT2D eigenvalue weighted by Gasteiger charge is 2.15. The van der Waals surface area contributed by atoms with Gasteiger partial charge in [0, 0.05) is 13.6 Å². The van der Waals surface area contributed by atoms with Gasteiger partial charge in [-0.25, -0.2) is 0 Å². The maximum Gasteiger partial charge on any atom is 0.0589 e. The minimum atomic E-state index is 0.0736. The van der Waals surface area contributed by atoms with Crippen molar-refractivity contribution >= 4 is 45.8 Å². The summed E-state index contributed by atoms with van der Waals surface area (Å²) in [5.41, 5.74) is 2.22. The molecule has 1 atom stereocenters. The molecule has 2 aromatic carbocycles. The Morgan fingerprint density at radius 3 is 2.50 bits per heavy atom. The fourth-order valence-electron chi connectivity index (χ4n) is 1.92. The lowest BCUT2D eigenvalue weighted by molar-refractivity contribution is 0.691. The molecule has 0 saturated heterocycles. The van der Waals surface area contributed by atoms with Crippen molar-refractivity contribution in [3.8, 4) is 0 Å². The maximum atomic E-state index is 6.27. The summed E-state index contributed by atoms with van der Waals surface area (Å²) >= 11 is 14.5. The molecule has 0 saturated carbocycles. The fourth-order valence-corrected chi connectivity index (χ4v) is 3.01. The number of benzene rings is 2. The molecular weight excluding hydrogens is 380 g/mol. The zero-order chi connectivity index (χ0) is 13.1. The summed E-state index contributed by atoms with van der Waals surface area (Å²) in [5, 5.41) is 4.63. The van der Waals surface area contributed by atoms with E-state index in [2.05, 4.69) is 46.1 Å². The monoisotopic (exact) mass is 391 g/mol. The Kier molecular flexibility index (Phi) is 4.90. The minimum Gasteiger partial charge on any atom is -0.309 e. The molecule has 0 spiro atoms. The van der Waals surface area contributed by atoms with Crippen LogP contribution in [0.1, 0.15) is 17.2 Å². The standard InChI is InChI=1S/C14H12Cl2IN/c1-18-14(9-3-2-4-11(17)7-9)12-6-5-10(15)8-13(12)16/h2-8,14,18H,1H3. The normalized spacial score (nSPS) is 12.4. The Hall–Kier alpha value is -0.290. The predicted octanol–water partition coefficient (Wildman–Crippen LogP) is 4.91. The number of rotatable bonds is 3. The van der Waals surface area contributed by atoms with Gasteiger partial charge in [-0.2, -0.15) is 0 Å². The molecule has 0 amide bonds. The van der Waals surface area contributed by atoms with E-state index in [1.165, 1.54) is 9.13 Å². The Morgan fingerprint density at radius 1 is 1.11 bits per heavy atom. The van der Waals surface area contributed by atoms with Gasteiger partial charge in [-0.15, -0.1) is 0 Å². The lowest BCUT2D eigenvalue weighted by atomic mass is 9.99. The first kappa shape index (κ1) is 14.1. The van der Waals surface area contributed by atoms with Gasteiger partial charge >= 0.3 is 0 Å². The van der Waals surface area contributed by atoms with Crippen LogP contribution in [-0.2, 0) is 0 Å². The Bertz CT molecular complexity index is 557. The van der Waals surface area contributed by atoms with E-state index in [1.54, 1.807) is 6.07 Å². The van der Waals surface area contributed by atoms with E-state index in [0.717, 1.165) is 5.56 Å². The van der Waals surface area contributed by atoms with E-state index in [1.807, 2.05) is 25.2 Å². The fraction of sp³-hybridized carbons (Fsp3) is 0.143. The summed E-state index contributed by atoms with van der Waals surface area (Å²) < 4.78 is 1.20. The van der Waals surface area contributed by atoms with Gasteiger partial charge in [-0.1, -0.05) is 41.4 Å². The van der Waals surface area contributed by atoms with Crippen molar-refractivity contribution in [1.29, 1.82) is 0 Å². The molecule has 0 fully saturated rings. The van der Waals surface area contributed by atoms with Crippen LogP contribution in [0.15, 0.2) is 42.5 Å². The van der Waals surface area contributed by atoms with Crippen LogP contribution in [0, 0.1) is 3.57 Å². The zero-order valence-corrected chi connectivity index (χ0v) is 13.4. The molecule has 0 aliphatic rings. The molecule has 0 aromatic heterocycles. The predicted molar refractivity (Wildman–Crippen MR) is 86.5 cm³/mol. The summed E-state index contributed by atoms with van der Waals surface area (Å²) in [6.45, 7) is 0. The van der Waals surface area contributed by atoms with Crippen molar-refractivity contribution in [1.82, 2.24) is 5.32 Å². The third kappa shape index (κ3) is 3.18. The third-order valence-corrected chi connectivity index (χ3v) is 3.98. The highest BCUT2D eigenvalue weighted by Crippen LogP contribution is 2.30. The highest BCUT2D eigenvalue weighted by atomic mass is 127. The van der Waals surface area contributed by atoms with Crippen LogP contribution in [0.5, 0.6) is 0 Å². The summed E-state index contributed by atoms with van der Waals surface area (Å²) in [6.07, 6.45) is 0. The zero-order valence-electron chi connectivity index (χ0n) is 9.75. The average Bonchev–Trinajstić information content (AvgIpc) is 2.33. The molecule has 0 aliphatic heterocycles. The van der Waals surface area contributed by atoms with Crippen LogP contribution < -0.4 is 5.32 Å². The van der Waals surface area contributed by atoms with Gasteiger partial charge in [-0.3, -0.25) is 0 Å². The van der Waals surface area contributed by atoms with Crippen LogP contribution in [0.2, 0.25) is 10.0 Å². The van der Waals surface area contributed by atoms with Crippen molar-refractivity contribution in [2.24, 2.45) is 0 Å². The lowest BCUT2D eigenvalue weighted by Gasteiger charge is -2.19. The van der Waals surface area contributed by atoms with Gasteiger partial charge in [0.25, 0.3) is 0 Å². The first-order valence-electron chi connectivity index (χ1n) is 5.49. The molecule has 0 radical (unpaired) electrons. The molecule has 18 heavy (non-hydrogen) atoms. The van der Waals surface area contributed by atoms with Gasteiger partial charge in [0.1, 0.15) is 0 Å². The number of hydrogen-bond acceptors (Lipinski definition) is 1. The molecule has 0 bridgehead atoms. The quantitative estimate of drug-likeness (QED) is 0.733. The molecule has 2 rings (SSSR count). The van der Waals surface area contributed by atoms with Gasteiger partial charge in [0.2, 0.25) is 0 Å². The molecular formula is C14H12Cl2IN.